The van der Waals surface area contributed by atoms with E-state index in [0.717, 1.165) is 18.4 Å². The highest BCUT2D eigenvalue weighted by Gasteiger charge is 2.42. The van der Waals surface area contributed by atoms with Crippen LogP contribution in [0.2, 0.25) is 5.02 Å². The Kier molecular flexibility index (Phi) is 5.47. The molecule has 1 aliphatic carbocycles. The number of anilines is 1. The summed E-state index contributed by atoms with van der Waals surface area (Å²) in [5, 5.41) is 4.13. The van der Waals surface area contributed by atoms with E-state index in [4.69, 9.17) is 17.3 Å². The molecule has 0 bridgehead atoms. The predicted octanol–water partition coefficient (Wildman–Crippen LogP) is 3.23. The standard InChI is InChI=1S/C16H27ClN4/c1-19-14(13-10-12(17)11-20-15(13)18)16(21(2)3)8-6-4-5-7-9-16/h10-11,14,19H,4-9H2,1-3H3,(H2,18,20). The molecule has 0 radical (unpaired) electrons. The zero-order chi connectivity index (χ0) is 15.5. The number of aromatic nitrogens is 1. The SMILES string of the molecule is CNC(c1cc(Cl)cnc1N)C1(N(C)C)CCCCCC1. The van der Waals surface area contributed by atoms with E-state index >= 15 is 0 Å². The Labute approximate surface area is 133 Å². The number of nitrogens with two attached hydrogens (primary N) is 1. The molecule has 0 spiro atoms. The molecule has 0 amide bonds. The van der Waals surface area contributed by atoms with Crippen LogP contribution in [0.4, 0.5) is 5.82 Å². The second-order valence-electron chi connectivity index (χ2n) is 6.26. The van der Waals surface area contributed by atoms with E-state index in [1.54, 1.807) is 6.20 Å². The van der Waals surface area contributed by atoms with Crippen molar-refractivity contribution in [3.05, 3.63) is 22.8 Å². The van der Waals surface area contributed by atoms with Gasteiger partial charge in [-0.1, -0.05) is 37.3 Å². The quantitative estimate of drug-likeness (QED) is 0.838. The van der Waals surface area contributed by atoms with Gasteiger partial charge in [-0.05, 0) is 40.1 Å². The number of nitrogens with one attached hydrogen (secondary N) is 1. The fraction of sp³-hybridized carbons (Fsp3) is 0.688. The lowest BCUT2D eigenvalue weighted by Gasteiger charge is -2.46. The third-order valence-electron chi connectivity index (χ3n) is 4.91. The van der Waals surface area contributed by atoms with Gasteiger partial charge in [-0.15, -0.1) is 0 Å². The Hall–Kier alpha value is -0.840. The minimum atomic E-state index is 0.0612. The lowest BCUT2D eigenvalue weighted by molar-refractivity contribution is 0.0836. The molecular formula is C16H27ClN4. The summed E-state index contributed by atoms with van der Waals surface area (Å²) in [5.74, 6) is 0.573. The van der Waals surface area contributed by atoms with E-state index in [-0.39, 0.29) is 11.6 Å². The second-order valence-corrected chi connectivity index (χ2v) is 6.70. The molecule has 118 valence electrons. The van der Waals surface area contributed by atoms with E-state index in [0.29, 0.717) is 10.8 Å². The Morgan fingerprint density at radius 2 is 1.90 bits per heavy atom. The van der Waals surface area contributed by atoms with Gasteiger partial charge < -0.3 is 16.0 Å². The van der Waals surface area contributed by atoms with Crippen molar-refractivity contribution in [2.24, 2.45) is 0 Å². The molecule has 1 saturated carbocycles. The van der Waals surface area contributed by atoms with Gasteiger partial charge in [0.25, 0.3) is 0 Å². The first-order valence-electron chi connectivity index (χ1n) is 7.77. The summed E-state index contributed by atoms with van der Waals surface area (Å²) < 4.78 is 0. The highest BCUT2D eigenvalue weighted by atomic mass is 35.5. The Balaban J connectivity index is 2.46. The molecule has 1 aliphatic rings. The fourth-order valence-corrected chi connectivity index (χ4v) is 3.91. The highest BCUT2D eigenvalue weighted by molar-refractivity contribution is 6.30. The van der Waals surface area contributed by atoms with Crippen molar-refractivity contribution in [1.82, 2.24) is 15.2 Å². The number of rotatable bonds is 4. The zero-order valence-electron chi connectivity index (χ0n) is 13.3. The molecule has 0 saturated heterocycles. The molecule has 1 fully saturated rings. The highest BCUT2D eigenvalue weighted by Crippen LogP contribution is 2.42. The number of hydrogen-bond donors (Lipinski definition) is 2. The molecule has 0 aromatic carbocycles. The molecular weight excluding hydrogens is 284 g/mol. The first-order valence-corrected chi connectivity index (χ1v) is 8.14. The van der Waals surface area contributed by atoms with Gasteiger partial charge in [-0.2, -0.15) is 0 Å². The molecule has 2 rings (SSSR count). The minimum absolute atomic E-state index is 0.0612. The van der Waals surface area contributed by atoms with Gasteiger partial charge >= 0.3 is 0 Å². The van der Waals surface area contributed by atoms with Gasteiger partial charge in [-0.25, -0.2) is 4.98 Å². The topological polar surface area (TPSA) is 54.2 Å². The van der Waals surface area contributed by atoms with Gasteiger partial charge in [0.1, 0.15) is 5.82 Å². The molecule has 1 aromatic heterocycles. The summed E-state index contributed by atoms with van der Waals surface area (Å²) >= 11 is 6.15. The second kappa shape index (κ2) is 6.95. The summed E-state index contributed by atoms with van der Waals surface area (Å²) in [6, 6.07) is 2.10. The van der Waals surface area contributed by atoms with Crippen molar-refractivity contribution in [2.45, 2.75) is 50.1 Å². The molecule has 1 aromatic rings. The average molecular weight is 311 g/mol. The van der Waals surface area contributed by atoms with Crippen LogP contribution in [0.5, 0.6) is 0 Å². The van der Waals surface area contributed by atoms with Gasteiger partial charge in [0.15, 0.2) is 0 Å². The molecule has 4 nitrogen and oxygen atoms in total. The number of hydrogen-bond acceptors (Lipinski definition) is 4. The number of likely N-dealkylation sites (N-methyl/N-ethyl adjacent to an activating group) is 2. The summed E-state index contributed by atoms with van der Waals surface area (Å²) in [7, 11) is 6.34. The number of nitrogens with zero attached hydrogens (tertiary/aromatic N) is 2. The van der Waals surface area contributed by atoms with Crippen molar-refractivity contribution < 1.29 is 0 Å². The third kappa shape index (κ3) is 3.33. The summed E-state index contributed by atoms with van der Waals surface area (Å²) in [6.07, 6.45) is 9.08. The molecule has 0 aliphatic heterocycles. The first kappa shape index (κ1) is 16.5. The lowest BCUT2D eigenvalue weighted by atomic mass is 9.78. The van der Waals surface area contributed by atoms with Crippen LogP contribution < -0.4 is 11.1 Å². The molecule has 1 unspecified atom stereocenters. The molecule has 1 heterocycles. The van der Waals surface area contributed by atoms with Crippen LogP contribution >= 0.6 is 11.6 Å². The van der Waals surface area contributed by atoms with Crippen LogP contribution in [0.1, 0.15) is 50.1 Å². The summed E-state index contributed by atoms with van der Waals surface area (Å²) in [6.45, 7) is 0. The van der Waals surface area contributed by atoms with E-state index in [2.05, 4.69) is 29.3 Å². The Morgan fingerprint density at radius 1 is 1.29 bits per heavy atom. The van der Waals surface area contributed by atoms with E-state index in [9.17, 15) is 0 Å². The van der Waals surface area contributed by atoms with Crippen LogP contribution in [0.3, 0.4) is 0 Å². The zero-order valence-corrected chi connectivity index (χ0v) is 14.1. The van der Waals surface area contributed by atoms with Gasteiger partial charge in [-0.3, -0.25) is 0 Å². The van der Waals surface area contributed by atoms with Gasteiger partial charge in [0, 0.05) is 17.3 Å². The maximum absolute atomic E-state index is 6.15. The van der Waals surface area contributed by atoms with Gasteiger partial charge in [0.05, 0.1) is 11.1 Å². The van der Waals surface area contributed by atoms with Crippen molar-refractivity contribution in [3.8, 4) is 0 Å². The number of nitrogen functional groups attached to an aromatic ring is 1. The summed E-state index contributed by atoms with van der Waals surface area (Å²) in [4.78, 5) is 6.60. The fourth-order valence-electron chi connectivity index (χ4n) is 3.75. The average Bonchev–Trinajstić information content (AvgIpc) is 2.70. The molecule has 3 N–H and O–H groups in total. The smallest absolute Gasteiger partial charge is 0.128 e. The van der Waals surface area contributed by atoms with Gasteiger partial charge in [0.2, 0.25) is 0 Å². The summed E-state index contributed by atoms with van der Waals surface area (Å²) in [5.41, 5.74) is 7.22. The minimum Gasteiger partial charge on any atom is -0.383 e. The van der Waals surface area contributed by atoms with E-state index < -0.39 is 0 Å². The van der Waals surface area contributed by atoms with Crippen LogP contribution in [0.25, 0.3) is 0 Å². The van der Waals surface area contributed by atoms with E-state index in [1.807, 2.05) is 13.1 Å². The van der Waals surface area contributed by atoms with Crippen molar-refractivity contribution in [1.29, 1.82) is 0 Å². The van der Waals surface area contributed by atoms with Crippen LogP contribution in [0, 0.1) is 0 Å². The lowest BCUT2D eigenvalue weighted by Crippen LogP contribution is -2.53. The molecule has 21 heavy (non-hydrogen) atoms. The first-order chi connectivity index (χ1) is 10.0. The van der Waals surface area contributed by atoms with Crippen LogP contribution in [-0.2, 0) is 0 Å². The molecule has 5 heteroatoms. The number of pyridine rings is 1. The largest absolute Gasteiger partial charge is 0.383 e. The Morgan fingerprint density at radius 3 is 2.43 bits per heavy atom. The number of halogens is 1. The van der Waals surface area contributed by atoms with Crippen LogP contribution in [0.15, 0.2) is 12.3 Å². The van der Waals surface area contributed by atoms with Crippen LogP contribution in [-0.4, -0.2) is 36.6 Å². The van der Waals surface area contributed by atoms with Crippen molar-refractivity contribution >= 4 is 17.4 Å². The predicted molar refractivity (Wildman–Crippen MR) is 89.6 cm³/mol. The third-order valence-corrected chi connectivity index (χ3v) is 5.12. The maximum atomic E-state index is 6.15. The Bertz CT molecular complexity index is 467. The monoisotopic (exact) mass is 310 g/mol. The van der Waals surface area contributed by atoms with Crippen molar-refractivity contribution in [2.75, 3.05) is 26.9 Å². The maximum Gasteiger partial charge on any atom is 0.128 e. The molecule has 1 atom stereocenters. The normalized spacial score (nSPS) is 20.2. The van der Waals surface area contributed by atoms with Crippen molar-refractivity contribution in [3.63, 3.8) is 0 Å². The van der Waals surface area contributed by atoms with E-state index in [1.165, 1.54) is 25.7 Å².